The number of para-hydroxylation sites is 2. The summed E-state index contributed by atoms with van der Waals surface area (Å²) in [4.78, 5) is 18.8. The molecule has 132 valence electrons. The van der Waals surface area contributed by atoms with Crippen molar-refractivity contribution in [2.75, 3.05) is 27.2 Å². The van der Waals surface area contributed by atoms with Crippen LogP contribution in [0.15, 0.2) is 24.3 Å². The van der Waals surface area contributed by atoms with E-state index in [1.807, 2.05) is 6.07 Å². The van der Waals surface area contributed by atoms with Crippen molar-refractivity contribution in [3.05, 3.63) is 30.1 Å². The third kappa shape index (κ3) is 5.34. The molecule has 1 N–H and O–H groups in total. The number of nitrogens with one attached hydrogen (secondary N) is 1. The summed E-state index contributed by atoms with van der Waals surface area (Å²) in [5.41, 5.74) is 2.21. The largest absolute Gasteiger partial charge is 0.356 e. The zero-order valence-corrected chi connectivity index (χ0v) is 15.4. The molecule has 5 nitrogen and oxygen atoms in total. The number of carbonyl (C=O) groups is 1. The number of nitrogens with zero attached hydrogens (tertiary/aromatic N) is 3. The van der Waals surface area contributed by atoms with Gasteiger partial charge in [0.2, 0.25) is 5.91 Å². The average molecular weight is 330 g/mol. The number of aromatic nitrogens is 2. The fourth-order valence-corrected chi connectivity index (χ4v) is 2.87. The number of fused-ring (bicyclic) bond motifs is 1. The van der Waals surface area contributed by atoms with Crippen LogP contribution in [-0.4, -0.2) is 47.5 Å². The first-order valence-corrected chi connectivity index (χ1v) is 8.83. The van der Waals surface area contributed by atoms with Crippen molar-refractivity contribution in [3.8, 4) is 0 Å². The summed E-state index contributed by atoms with van der Waals surface area (Å²) in [5.74, 6) is 1.57. The molecule has 0 aliphatic rings. The Bertz CT molecular complexity index is 660. The molecular weight excluding hydrogens is 300 g/mol. The lowest BCUT2D eigenvalue weighted by Crippen LogP contribution is -2.27. The predicted octanol–water partition coefficient (Wildman–Crippen LogP) is 2.69. The van der Waals surface area contributed by atoms with Crippen molar-refractivity contribution >= 4 is 16.9 Å². The van der Waals surface area contributed by atoms with Gasteiger partial charge in [-0.2, -0.15) is 0 Å². The zero-order chi connectivity index (χ0) is 17.5. The molecule has 0 bridgehead atoms. The topological polar surface area (TPSA) is 50.2 Å². The SMILES string of the molecule is CC(C)CC(=O)NCCc1nc2ccccc2n1CCCN(C)C. The van der Waals surface area contributed by atoms with Crippen LogP contribution in [0, 0.1) is 5.92 Å². The van der Waals surface area contributed by atoms with E-state index in [2.05, 4.69) is 60.9 Å². The van der Waals surface area contributed by atoms with Crippen LogP contribution in [0.25, 0.3) is 11.0 Å². The van der Waals surface area contributed by atoms with Crippen LogP contribution >= 0.6 is 0 Å². The maximum atomic E-state index is 11.8. The number of hydrogen-bond donors (Lipinski definition) is 1. The smallest absolute Gasteiger partial charge is 0.220 e. The molecule has 1 aromatic heterocycles. The molecule has 0 unspecified atom stereocenters. The van der Waals surface area contributed by atoms with E-state index in [0.29, 0.717) is 18.9 Å². The highest BCUT2D eigenvalue weighted by Crippen LogP contribution is 2.17. The van der Waals surface area contributed by atoms with Crippen LogP contribution in [0.5, 0.6) is 0 Å². The molecule has 0 aliphatic carbocycles. The Balaban J connectivity index is 2.03. The van der Waals surface area contributed by atoms with Crippen LogP contribution in [0.1, 0.15) is 32.5 Å². The van der Waals surface area contributed by atoms with Crippen LogP contribution < -0.4 is 5.32 Å². The van der Waals surface area contributed by atoms with Crippen LogP contribution in [0.2, 0.25) is 0 Å². The van der Waals surface area contributed by atoms with Crippen molar-refractivity contribution in [1.29, 1.82) is 0 Å². The van der Waals surface area contributed by atoms with Gasteiger partial charge in [0.25, 0.3) is 0 Å². The standard InChI is InChI=1S/C19H30N4O/c1-15(2)14-19(24)20-11-10-18-21-16-8-5-6-9-17(16)23(18)13-7-12-22(3)4/h5-6,8-9,15H,7,10-14H2,1-4H3,(H,20,24). The van der Waals surface area contributed by atoms with Crippen molar-refractivity contribution in [2.24, 2.45) is 5.92 Å². The van der Waals surface area contributed by atoms with Gasteiger partial charge in [-0.05, 0) is 45.1 Å². The van der Waals surface area contributed by atoms with E-state index in [1.54, 1.807) is 0 Å². The van der Waals surface area contributed by atoms with E-state index in [4.69, 9.17) is 4.98 Å². The maximum Gasteiger partial charge on any atom is 0.220 e. The van der Waals surface area contributed by atoms with E-state index in [-0.39, 0.29) is 5.91 Å². The molecule has 1 amide bonds. The Hall–Kier alpha value is -1.88. The van der Waals surface area contributed by atoms with Gasteiger partial charge in [0.05, 0.1) is 11.0 Å². The quantitative estimate of drug-likeness (QED) is 0.769. The number of imidazole rings is 1. The molecule has 0 aliphatic heterocycles. The minimum atomic E-state index is 0.125. The Morgan fingerprint density at radius 3 is 2.75 bits per heavy atom. The number of benzene rings is 1. The third-order valence-corrected chi connectivity index (χ3v) is 3.99. The number of aryl methyl sites for hydroxylation is 1. The van der Waals surface area contributed by atoms with Crippen molar-refractivity contribution < 1.29 is 4.79 Å². The number of amides is 1. The highest BCUT2D eigenvalue weighted by Gasteiger charge is 2.11. The van der Waals surface area contributed by atoms with E-state index >= 15 is 0 Å². The van der Waals surface area contributed by atoms with E-state index in [9.17, 15) is 4.79 Å². The van der Waals surface area contributed by atoms with Gasteiger partial charge in [-0.15, -0.1) is 0 Å². The first-order chi connectivity index (χ1) is 11.5. The second kappa shape index (κ2) is 8.83. The highest BCUT2D eigenvalue weighted by molar-refractivity contribution is 5.76. The molecule has 0 saturated carbocycles. The molecule has 2 aromatic rings. The van der Waals surface area contributed by atoms with E-state index in [0.717, 1.165) is 37.3 Å². The lowest BCUT2D eigenvalue weighted by molar-refractivity contribution is -0.121. The Morgan fingerprint density at radius 2 is 2.04 bits per heavy atom. The average Bonchev–Trinajstić information content (AvgIpc) is 2.84. The molecule has 1 heterocycles. The lowest BCUT2D eigenvalue weighted by atomic mass is 10.1. The van der Waals surface area contributed by atoms with Crippen LogP contribution in [-0.2, 0) is 17.8 Å². The fraction of sp³-hybridized carbons (Fsp3) is 0.579. The van der Waals surface area contributed by atoms with Gasteiger partial charge in [0.1, 0.15) is 5.82 Å². The number of rotatable bonds is 9. The lowest BCUT2D eigenvalue weighted by Gasteiger charge is -2.13. The molecule has 24 heavy (non-hydrogen) atoms. The molecule has 0 fully saturated rings. The third-order valence-electron chi connectivity index (χ3n) is 3.99. The zero-order valence-electron chi connectivity index (χ0n) is 15.4. The van der Waals surface area contributed by atoms with Gasteiger partial charge in [-0.3, -0.25) is 4.79 Å². The number of carbonyl (C=O) groups excluding carboxylic acids is 1. The molecule has 2 rings (SSSR count). The van der Waals surface area contributed by atoms with Gasteiger partial charge in [-0.1, -0.05) is 26.0 Å². The highest BCUT2D eigenvalue weighted by atomic mass is 16.1. The summed E-state index contributed by atoms with van der Waals surface area (Å²) in [6, 6.07) is 8.26. The van der Waals surface area contributed by atoms with E-state index < -0.39 is 0 Å². The normalized spacial score (nSPS) is 11.6. The first kappa shape index (κ1) is 18.5. The minimum absolute atomic E-state index is 0.125. The second-order valence-electron chi connectivity index (χ2n) is 7.02. The molecule has 0 atom stereocenters. The molecule has 0 saturated heterocycles. The van der Waals surface area contributed by atoms with Crippen molar-refractivity contribution in [2.45, 2.75) is 39.7 Å². The molecule has 0 spiro atoms. The Morgan fingerprint density at radius 1 is 1.29 bits per heavy atom. The summed E-state index contributed by atoms with van der Waals surface area (Å²) >= 11 is 0. The van der Waals surface area contributed by atoms with Crippen LogP contribution in [0.3, 0.4) is 0 Å². The van der Waals surface area contributed by atoms with Crippen LogP contribution in [0.4, 0.5) is 0 Å². The van der Waals surface area contributed by atoms with Crippen molar-refractivity contribution in [1.82, 2.24) is 19.8 Å². The molecule has 5 heteroatoms. The van der Waals surface area contributed by atoms with Gasteiger partial charge in [0, 0.05) is 25.9 Å². The monoisotopic (exact) mass is 330 g/mol. The maximum absolute atomic E-state index is 11.8. The van der Waals surface area contributed by atoms with Gasteiger partial charge in [-0.25, -0.2) is 4.98 Å². The summed E-state index contributed by atoms with van der Waals surface area (Å²) in [6.07, 6.45) is 2.43. The minimum Gasteiger partial charge on any atom is -0.356 e. The van der Waals surface area contributed by atoms with Gasteiger partial charge < -0.3 is 14.8 Å². The Kier molecular flexibility index (Phi) is 6.79. The fourth-order valence-electron chi connectivity index (χ4n) is 2.87. The van der Waals surface area contributed by atoms with Crippen molar-refractivity contribution in [3.63, 3.8) is 0 Å². The first-order valence-electron chi connectivity index (χ1n) is 8.83. The summed E-state index contributed by atoms with van der Waals surface area (Å²) < 4.78 is 2.30. The summed E-state index contributed by atoms with van der Waals surface area (Å²) in [5, 5.41) is 3.01. The molecule has 1 aromatic carbocycles. The number of hydrogen-bond acceptors (Lipinski definition) is 3. The summed E-state index contributed by atoms with van der Waals surface area (Å²) in [7, 11) is 4.19. The predicted molar refractivity (Wildman–Crippen MR) is 99.1 cm³/mol. The molecular formula is C19H30N4O. The molecule has 0 radical (unpaired) electrons. The van der Waals surface area contributed by atoms with E-state index in [1.165, 1.54) is 5.52 Å². The van der Waals surface area contributed by atoms with Gasteiger partial charge in [0.15, 0.2) is 0 Å². The second-order valence-corrected chi connectivity index (χ2v) is 7.02. The van der Waals surface area contributed by atoms with Gasteiger partial charge >= 0.3 is 0 Å². The summed E-state index contributed by atoms with van der Waals surface area (Å²) in [6.45, 7) is 6.76. The Labute approximate surface area is 145 Å².